The van der Waals surface area contributed by atoms with Crippen molar-refractivity contribution >= 4 is 35.6 Å². The lowest BCUT2D eigenvalue weighted by molar-refractivity contribution is -0.140. The summed E-state index contributed by atoms with van der Waals surface area (Å²) >= 11 is 0. The van der Waals surface area contributed by atoms with Crippen molar-refractivity contribution in [2.45, 2.75) is 210 Å². The number of nitrogens with one attached hydrogen (secondary N) is 6. The van der Waals surface area contributed by atoms with Gasteiger partial charge in [-0.15, -0.1) is 0 Å². The molecule has 3 amide bonds. The number of hydrogen-bond acceptors (Lipinski definition) is 18. The number of aromatic hydroxyl groups is 3. The topological polar surface area (TPSA) is 384 Å². The first-order valence-corrected chi connectivity index (χ1v) is 36.3. The number of hydrogen-bond donors (Lipinski definition) is 15. The maximum absolute atomic E-state index is 12.8. The Morgan fingerprint density at radius 3 is 1.07 bits per heavy atom. The summed E-state index contributed by atoms with van der Waals surface area (Å²) in [5.74, 6) is -2.50. The molecule has 0 heterocycles. The average molecular weight is 1460 g/mol. The van der Waals surface area contributed by atoms with Crippen LogP contribution in [0.3, 0.4) is 0 Å². The second-order valence-electron chi connectivity index (χ2n) is 26.5. The molecule has 6 aromatic rings. The summed E-state index contributed by atoms with van der Waals surface area (Å²) in [5.41, 5.74) is 6.03. The van der Waals surface area contributed by atoms with Crippen molar-refractivity contribution in [1.29, 1.82) is 0 Å². The highest BCUT2D eigenvalue weighted by molar-refractivity contribution is 5.87. The van der Waals surface area contributed by atoms with Gasteiger partial charge < -0.3 is 92.1 Å². The van der Waals surface area contributed by atoms with Crippen LogP contribution in [0.2, 0.25) is 0 Å². The molecule has 15 N–H and O–H groups in total. The van der Waals surface area contributed by atoms with Gasteiger partial charge in [0.05, 0.1) is 95.2 Å². The molecule has 0 saturated carbocycles. The van der Waals surface area contributed by atoms with Crippen molar-refractivity contribution in [1.82, 2.24) is 31.9 Å². The Morgan fingerprint density at radius 1 is 0.390 bits per heavy atom. The second-order valence-corrected chi connectivity index (χ2v) is 26.5. The predicted octanol–water partition coefficient (Wildman–Crippen LogP) is 9.65. The predicted molar refractivity (Wildman–Crippen MR) is 404 cm³/mol. The summed E-state index contributed by atoms with van der Waals surface area (Å²) in [4.78, 5) is 72.4. The third kappa shape index (κ3) is 32.3. The molecule has 6 rings (SSSR count). The number of rotatable bonds is 45. The quantitative estimate of drug-likeness (QED) is 0.0158. The molecule has 0 spiro atoms. The van der Waals surface area contributed by atoms with E-state index in [0.29, 0.717) is 94.7 Å². The molecule has 0 aliphatic heterocycles. The highest BCUT2D eigenvalue weighted by atomic mass is 16.5. The minimum atomic E-state index is -1.09. The molecule has 0 radical (unpaired) electrons. The van der Waals surface area contributed by atoms with E-state index in [2.05, 4.69) is 52.7 Å². The van der Waals surface area contributed by atoms with Gasteiger partial charge in [0.1, 0.15) is 11.5 Å². The molecule has 0 aliphatic carbocycles. The Balaban J connectivity index is 0.000000333. The normalized spacial score (nSPS) is 14.5. The lowest BCUT2D eigenvalue weighted by atomic mass is 9.89. The summed E-state index contributed by atoms with van der Waals surface area (Å²) in [6, 6.07) is 40.9. The molecular formula is C81H114N6O18. The van der Waals surface area contributed by atoms with Gasteiger partial charge in [0.2, 0.25) is 17.7 Å². The van der Waals surface area contributed by atoms with Gasteiger partial charge in [0.25, 0.3) is 0 Å². The van der Waals surface area contributed by atoms with E-state index in [1.165, 1.54) is 27.4 Å². The SMILES string of the molecule is CCC(CC(O)C(C)NC(=O)[C@H](CC(=O)O)NCCCc1ccc(O)c(OC)c1)c1ccccc1.CCC(CC(O)C(C)NC(=O)[C@H](CC(=O)O)NCCCc1ccc(OC)c(O)c1)c1ccccc1.CCC(CC(O)C(C)NC(=O)[C@H](CC(=O)O)NCCCc1ccc(OC)cc1O)c1ccccc1. The van der Waals surface area contributed by atoms with Crippen LogP contribution in [0, 0.1) is 0 Å². The standard InChI is InChI=1S/3C27H38N2O6/c1-4-20(21-10-6-5-7-11-21)16-23(30)18(2)29-27(34)22(17-26(32)33)28-14-8-9-19-12-13-25(35-3)24(31)15-19;1-4-20(21-10-6-5-7-11-21)16-24(31)18(2)29-27(34)22(17-26(32)33)28-14-8-9-19-12-13-23(30)25(15-19)35-3;1-4-19(20-9-6-5-7-10-20)15-24(30)18(2)29-27(34)23(17-26(32)33)28-14-8-11-21-12-13-22(35-3)16-25(21)31/h5-7,10-13,15,18,20,22-23,28,30-31H,4,8-9,14,16-17H2,1-3H3,(H,29,34)(H,32,33);5-7,10-13,15,18,20,22,24,28,30-31H,4,8-9,14,16-17H2,1-3H3,(H,29,34)(H,32,33);5-7,9-10,12-13,16,18-19,23-24,28,30-31H,4,8,11,14-15,17H2,1-3H3,(H,29,34)(H,32,33)/t18?,20?,22-,23?;18?,20?,22-,24?;18?,19?,23-,24?/m000/s1. The number of amides is 3. The van der Waals surface area contributed by atoms with E-state index in [0.717, 1.165) is 52.6 Å². The van der Waals surface area contributed by atoms with E-state index < -0.39 is 90.2 Å². The molecule has 9 unspecified atom stereocenters. The van der Waals surface area contributed by atoms with Crippen molar-refractivity contribution in [2.24, 2.45) is 0 Å². The Kier molecular flexibility index (Phi) is 40.2. The van der Waals surface area contributed by atoms with Crippen LogP contribution in [0.1, 0.15) is 170 Å². The van der Waals surface area contributed by atoms with Crippen molar-refractivity contribution in [2.75, 3.05) is 41.0 Å². The minimum absolute atomic E-state index is 0.0613. The van der Waals surface area contributed by atoms with Crippen LogP contribution in [-0.2, 0) is 48.0 Å². The lowest BCUT2D eigenvalue weighted by Crippen LogP contribution is -2.51. The number of benzene rings is 6. The first-order valence-electron chi connectivity index (χ1n) is 36.3. The second kappa shape index (κ2) is 47.9. The van der Waals surface area contributed by atoms with Crippen molar-refractivity contribution < 1.29 is 88.9 Å². The molecule has 24 nitrogen and oxygen atoms in total. The largest absolute Gasteiger partial charge is 0.508 e. The highest BCUT2D eigenvalue weighted by Crippen LogP contribution is 2.31. The number of carbonyl (C=O) groups excluding carboxylic acids is 3. The molecule has 105 heavy (non-hydrogen) atoms. The lowest BCUT2D eigenvalue weighted by Gasteiger charge is -2.26. The van der Waals surface area contributed by atoms with E-state index in [-0.39, 0.29) is 54.3 Å². The number of carbonyl (C=O) groups is 6. The number of methoxy groups -OCH3 is 3. The van der Waals surface area contributed by atoms with E-state index in [4.69, 9.17) is 14.2 Å². The zero-order valence-corrected chi connectivity index (χ0v) is 62.2. The summed E-state index contributed by atoms with van der Waals surface area (Å²) in [7, 11) is 4.49. The van der Waals surface area contributed by atoms with Crippen LogP contribution in [0.25, 0.3) is 0 Å². The maximum atomic E-state index is 12.8. The van der Waals surface area contributed by atoms with Crippen molar-refractivity contribution in [3.8, 4) is 34.5 Å². The number of aliphatic hydroxyl groups is 3. The molecule has 6 aromatic carbocycles. The van der Waals surface area contributed by atoms with Crippen molar-refractivity contribution in [3.63, 3.8) is 0 Å². The summed E-state index contributed by atoms with van der Waals surface area (Å²) in [6.07, 6.45) is 4.41. The molecule has 0 fully saturated rings. The Morgan fingerprint density at radius 2 is 0.743 bits per heavy atom. The number of carboxylic acids is 3. The Hall–Kier alpha value is -9.30. The van der Waals surface area contributed by atoms with E-state index in [9.17, 15) is 74.7 Å². The van der Waals surface area contributed by atoms with Crippen LogP contribution >= 0.6 is 0 Å². The molecule has 0 saturated heterocycles. The van der Waals surface area contributed by atoms with E-state index in [1.807, 2.05) is 97.1 Å². The summed E-state index contributed by atoms with van der Waals surface area (Å²) < 4.78 is 15.2. The summed E-state index contributed by atoms with van der Waals surface area (Å²) in [5, 5.41) is 107. The molecular weight excluding hydrogens is 1340 g/mol. The number of aliphatic hydroxyl groups excluding tert-OH is 3. The van der Waals surface area contributed by atoms with E-state index in [1.54, 1.807) is 63.2 Å². The number of aryl methyl sites for hydroxylation is 3. The van der Waals surface area contributed by atoms with Crippen molar-refractivity contribution in [3.05, 3.63) is 179 Å². The van der Waals surface area contributed by atoms with Gasteiger partial charge in [-0.1, -0.05) is 130 Å². The van der Waals surface area contributed by atoms with Crippen LogP contribution in [-0.4, -0.2) is 177 Å². The molecule has 576 valence electrons. The number of carboxylic acid groups (broad SMARTS) is 3. The fraction of sp³-hybridized carbons (Fsp3) is 0.481. The molecule has 0 bridgehead atoms. The van der Waals surface area contributed by atoms with Crippen LogP contribution in [0.15, 0.2) is 146 Å². The highest BCUT2D eigenvalue weighted by Gasteiger charge is 2.30. The van der Waals surface area contributed by atoms with Gasteiger partial charge in [0, 0.05) is 6.07 Å². The number of aliphatic carboxylic acids is 3. The van der Waals surface area contributed by atoms with E-state index >= 15 is 0 Å². The minimum Gasteiger partial charge on any atom is -0.508 e. The molecule has 0 aromatic heterocycles. The Bertz CT molecular complexity index is 3540. The first kappa shape index (κ1) is 88.1. The Labute approximate surface area is 618 Å². The molecule has 12 atom stereocenters. The smallest absolute Gasteiger partial charge is 0.305 e. The summed E-state index contributed by atoms with van der Waals surface area (Å²) in [6.45, 7) is 12.6. The number of ether oxygens (including phenoxy) is 3. The molecule has 24 heteroatoms. The van der Waals surface area contributed by atoms with Gasteiger partial charge in [-0.3, -0.25) is 28.8 Å². The van der Waals surface area contributed by atoms with Crippen LogP contribution in [0.4, 0.5) is 0 Å². The number of phenols is 3. The first-order chi connectivity index (χ1) is 50.2. The van der Waals surface area contributed by atoms with Gasteiger partial charge in [-0.2, -0.15) is 0 Å². The van der Waals surface area contributed by atoms with Gasteiger partial charge in [-0.05, 0) is 199 Å². The zero-order chi connectivity index (χ0) is 77.4. The fourth-order valence-corrected chi connectivity index (χ4v) is 12.2. The van der Waals surface area contributed by atoms with Crippen LogP contribution < -0.4 is 46.1 Å². The van der Waals surface area contributed by atoms with Gasteiger partial charge in [0.15, 0.2) is 23.0 Å². The monoisotopic (exact) mass is 1460 g/mol. The van der Waals surface area contributed by atoms with Gasteiger partial charge in [-0.25, -0.2) is 0 Å². The number of phenolic OH excluding ortho intramolecular Hbond substituents is 3. The maximum Gasteiger partial charge on any atom is 0.305 e. The van der Waals surface area contributed by atoms with Crippen LogP contribution in [0.5, 0.6) is 34.5 Å². The fourth-order valence-electron chi connectivity index (χ4n) is 12.2. The zero-order valence-electron chi connectivity index (χ0n) is 62.2. The average Bonchev–Trinajstić information content (AvgIpc) is 0.910. The third-order valence-corrected chi connectivity index (χ3v) is 18.7. The van der Waals surface area contributed by atoms with Gasteiger partial charge >= 0.3 is 17.9 Å². The molecule has 0 aliphatic rings. The third-order valence-electron chi connectivity index (χ3n) is 18.7.